The van der Waals surface area contributed by atoms with Crippen molar-refractivity contribution in [1.29, 1.82) is 0 Å². The molecule has 1 heterocycles. The Morgan fingerprint density at radius 2 is 2.45 bits per heavy atom. The molecule has 1 fully saturated rings. The second-order valence-corrected chi connectivity index (χ2v) is 5.36. The lowest BCUT2D eigenvalue weighted by molar-refractivity contribution is 0.502. The number of thiocarbonyl (C=S) groups is 1. The van der Waals surface area contributed by atoms with Crippen molar-refractivity contribution in [2.45, 2.75) is 12.5 Å². The zero-order valence-corrected chi connectivity index (χ0v) is 7.58. The summed E-state index contributed by atoms with van der Waals surface area (Å²) in [5.41, 5.74) is 5.21. The van der Waals surface area contributed by atoms with Crippen LogP contribution in [0.1, 0.15) is 6.42 Å². The first kappa shape index (κ1) is 8.89. The van der Waals surface area contributed by atoms with E-state index in [2.05, 4.69) is 17.5 Å². The lowest BCUT2D eigenvalue weighted by atomic mass is 10.3. The van der Waals surface area contributed by atoms with Crippen LogP contribution in [0, 0.1) is 0 Å². The van der Waals surface area contributed by atoms with Crippen LogP contribution in [0.5, 0.6) is 0 Å². The molecule has 0 bridgehead atoms. The van der Waals surface area contributed by atoms with Crippen LogP contribution in [0.3, 0.4) is 0 Å². The van der Waals surface area contributed by atoms with Gasteiger partial charge in [0.1, 0.15) is 5.75 Å². The molecule has 4 N–H and O–H groups in total. The quantitative estimate of drug-likeness (QED) is 0.391. The average molecular weight is 195 g/mol. The molecule has 11 heavy (non-hydrogen) atoms. The summed E-state index contributed by atoms with van der Waals surface area (Å²) in [4.78, 5) is 0. The summed E-state index contributed by atoms with van der Waals surface area (Å²) in [6.45, 7) is 0. The highest BCUT2D eigenvalue weighted by molar-refractivity contribution is 7.98. The van der Waals surface area contributed by atoms with Crippen molar-refractivity contribution >= 4 is 27.5 Å². The highest BCUT2D eigenvalue weighted by Gasteiger charge is 2.38. The molecule has 0 aromatic heterocycles. The predicted molar refractivity (Wildman–Crippen MR) is 48.7 cm³/mol. The Morgan fingerprint density at radius 1 is 1.82 bits per heavy atom. The molecule has 0 aromatic carbocycles. The molecule has 0 amide bonds. The van der Waals surface area contributed by atoms with Crippen LogP contribution >= 0.6 is 12.2 Å². The third-order valence-electron chi connectivity index (χ3n) is 1.59. The second kappa shape index (κ2) is 3.04. The SMILES string of the molecule is NC(=S)N[C@H]1CC[S+](=O)(O)C1. The molecule has 1 saturated heterocycles. The van der Waals surface area contributed by atoms with E-state index in [9.17, 15) is 4.21 Å². The fourth-order valence-electron chi connectivity index (χ4n) is 1.12. The van der Waals surface area contributed by atoms with E-state index in [1.54, 1.807) is 0 Å². The van der Waals surface area contributed by atoms with Crippen molar-refractivity contribution in [1.82, 2.24) is 5.32 Å². The van der Waals surface area contributed by atoms with Crippen LogP contribution in [0.4, 0.5) is 0 Å². The maximum absolute atomic E-state index is 11.0. The first-order valence-corrected chi connectivity index (χ1v) is 5.54. The van der Waals surface area contributed by atoms with Gasteiger partial charge in [0.15, 0.2) is 10.9 Å². The zero-order valence-electron chi connectivity index (χ0n) is 5.95. The van der Waals surface area contributed by atoms with Gasteiger partial charge in [0.25, 0.3) is 0 Å². The third-order valence-corrected chi connectivity index (χ3v) is 3.51. The predicted octanol–water partition coefficient (Wildman–Crippen LogP) is -0.436. The van der Waals surface area contributed by atoms with E-state index in [-0.39, 0.29) is 16.9 Å². The molecule has 1 aliphatic heterocycles. The fraction of sp³-hybridized carbons (Fsp3) is 0.800. The number of hydrogen-bond donors (Lipinski definition) is 3. The van der Waals surface area contributed by atoms with E-state index >= 15 is 0 Å². The van der Waals surface area contributed by atoms with E-state index in [0.717, 1.165) is 0 Å². The smallest absolute Gasteiger partial charge is 0.216 e. The van der Waals surface area contributed by atoms with Gasteiger partial charge in [-0.3, -0.25) is 0 Å². The molecule has 1 unspecified atom stereocenters. The summed E-state index contributed by atoms with van der Waals surface area (Å²) in [5.74, 6) is 0.623. The molecule has 1 aliphatic rings. The number of rotatable bonds is 1. The van der Waals surface area contributed by atoms with Gasteiger partial charge < -0.3 is 11.1 Å². The molecule has 2 atom stereocenters. The molecule has 4 nitrogen and oxygen atoms in total. The molecule has 6 heteroatoms. The molecule has 0 aromatic rings. The van der Waals surface area contributed by atoms with E-state index < -0.39 is 10.2 Å². The summed E-state index contributed by atoms with van der Waals surface area (Å²) in [5, 5.41) is 2.97. The normalized spacial score (nSPS) is 37.0. The Bertz CT molecular complexity index is 219. The highest BCUT2D eigenvalue weighted by Crippen LogP contribution is 2.15. The molecule has 1 rings (SSSR count). The molecule has 0 saturated carbocycles. The van der Waals surface area contributed by atoms with E-state index in [4.69, 9.17) is 10.3 Å². The van der Waals surface area contributed by atoms with Crippen LogP contribution < -0.4 is 11.1 Å². The molecular formula is C5H11N2O2S2+. The van der Waals surface area contributed by atoms with Crippen molar-refractivity contribution < 1.29 is 8.76 Å². The van der Waals surface area contributed by atoms with Gasteiger partial charge in [0.2, 0.25) is 10.2 Å². The van der Waals surface area contributed by atoms with Gasteiger partial charge >= 0.3 is 0 Å². The lowest BCUT2D eigenvalue weighted by Crippen LogP contribution is -2.39. The molecule has 0 spiro atoms. The van der Waals surface area contributed by atoms with Gasteiger partial charge in [-0.05, 0) is 12.2 Å². The maximum Gasteiger partial charge on any atom is 0.216 e. The van der Waals surface area contributed by atoms with Crippen LogP contribution in [-0.4, -0.2) is 27.2 Å². The number of hydrogen-bond acceptors (Lipinski definition) is 2. The van der Waals surface area contributed by atoms with E-state index in [1.807, 2.05) is 0 Å². The minimum absolute atomic E-state index is 0.00926. The van der Waals surface area contributed by atoms with E-state index in [1.165, 1.54) is 0 Å². The van der Waals surface area contributed by atoms with Crippen molar-refractivity contribution in [3.05, 3.63) is 0 Å². The Balaban J connectivity index is 2.43. The van der Waals surface area contributed by atoms with Gasteiger partial charge in [0, 0.05) is 6.42 Å². The van der Waals surface area contributed by atoms with Gasteiger partial charge in [0.05, 0.1) is 6.04 Å². The lowest BCUT2D eigenvalue weighted by Gasteiger charge is -2.06. The zero-order chi connectivity index (χ0) is 8.48. The Labute approximate surface area is 71.8 Å². The minimum atomic E-state index is -2.57. The van der Waals surface area contributed by atoms with Gasteiger partial charge in [-0.1, -0.05) is 4.21 Å². The van der Waals surface area contributed by atoms with Gasteiger partial charge in [-0.25, -0.2) is 0 Å². The first-order valence-electron chi connectivity index (χ1n) is 3.27. The number of nitrogens with two attached hydrogens (primary N) is 1. The van der Waals surface area contributed by atoms with Gasteiger partial charge in [-0.2, -0.15) is 4.55 Å². The standard InChI is InChI=1S/C5H10N2O2S2/c6-5(10)7-4-1-2-11(8,9)3-4/h4H,1-3H2,(H3-,6,7,8,9,10)/p+1/t4-/m0/s1. The largest absolute Gasteiger partial charge is 0.376 e. The summed E-state index contributed by atoms with van der Waals surface area (Å²) < 4.78 is 20.1. The Hall–Kier alpha value is -0.200. The van der Waals surface area contributed by atoms with Crippen LogP contribution in [-0.2, 0) is 14.4 Å². The van der Waals surface area contributed by atoms with Crippen molar-refractivity contribution in [2.24, 2.45) is 5.73 Å². The first-order chi connectivity index (χ1) is 4.99. The third kappa shape index (κ3) is 2.72. The fourth-order valence-corrected chi connectivity index (χ4v) is 2.99. The maximum atomic E-state index is 11.0. The van der Waals surface area contributed by atoms with Crippen LogP contribution in [0.15, 0.2) is 0 Å². The molecule has 0 aliphatic carbocycles. The van der Waals surface area contributed by atoms with Crippen molar-refractivity contribution in [3.63, 3.8) is 0 Å². The summed E-state index contributed by atoms with van der Waals surface area (Å²) in [7, 11) is -2.57. The van der Waals surface area contributed by atoms with Crippen molar-refractivity contribution in [3.8, 4) is 0 Å². The minimum Gasteiger partial charge on any atom is -0.376 e. The molecule has 64 valence electrons. The van der Waals surface area contributed by atoms with Crippen molar-refractivity contribution in [2.75, 3.05) is 11.5 Å². The monoisotopic (exact) mass is 195 g/mol. The second-order valence-electron chi connectivity index (χ2n) is 2.64. The summed E-state index contributed by atoms with van der Waals surface area (Å²) in [6, 6.07) is -0.00926. The van der Waals surface area contributed by atoms with Gasteiger partial charge in [-0.15, -0.1) is 0 Å². The highest BCUT2D eigenvalue weighted by atomic mass is 32.3. The topological polar surface area (TPSA) is 75.3 Å². The van der Waals surface area contributed by atoms with Crippen LogP contribution in [0.25, 0.3) is 0 Å². The summed E-state index contributed by atoms with van der Waals surface area (Å²) in [6.07, 6.45) is 0.673. The van der Waals surface area contributed by atoms with E-state index in [0.29, 0.717) is 12.2 Å². The molecular weight excluding hydrogens is 184 g/mol. The Morgan fingerprint density at radius 3 is 2.82 bits per heavy atom. The Kier molecular flexibility index (Phi) is 2.46. The summed E-state index contributed by atoms with van der Waals surface area (Å²) >= 11 is 4.60. The van der Waals surface area contributed by atoms with Crippen LogP contribution in [0.2, 0.25) is 0 Å². The average Bonchev–Trinajstić information content (AvgIpc) is 2.08. The molecule has 0 radical (unpaired) electrons. The number of nitrogens with one attached hydrogen (secondary N) is 1.